The molecule has 0 saturated heterocycles. The summed E-state index contributed by atoms with van der Waals surface area (Å²) in [5.74, 6) is 0.319. The molecule has 4 unspecified atom stereocenters. The Bertz CT molecular complexity index is 977. The van der Waals surface area contributed by atoms with E-state index in [0.29, 0.717) is 43.6 Å². The van der Waals surface area contributed by atoms with Crippen molar-refractivity contribution in [3.8, 4) is 0 Å². The number of nitrogens with two attached hydrogens (primary N) is 1. The molecule has 0 heterocycles. The molecule has 1 aliphatic rings. The van der Waals surface area contributed by atoms with Crippen molar-refractivity contribution >= 4 is 5.97 Å². The molecule has 1 aromatic carbocycles. The molecule has 1 saturated carbocycles. The van der Waals surface area contributed by atoms with Gasteiger partial charge in [-0.3, -0.25) is 0 Å². The topological polar surface area (TPSA) is 100 Å². The molecule has 1 aromatic rings. The van der Waals surface area contributed by atoms with Crippen molar-refractivity contribution in [3.05, 3.63) is 71.2 Å². The van der Waals surface area contributed by atoms with Gasteiger partial charge in [-0.1, -0.05) is 63.3 Å². The standard InChI is InChI=1S/C29H45NO6.C4H6F2/c1-6-8-21(4)16-36-28(29(31)32)19-35-26-10-7-9-25(15-26)34-18-27(30)22(5)33-17-23-11-13-24(14-12-23)20(2)3;1-2-3-4(5)6/h6,8,11-14,20-21,25-26,28H,7,9-10,15-19,30H2,1-5H3,(H,31,32);2-4H,1H3/b8-6-,27-22-;3-2+. The van der Waals surface area contributed by atoms with Gasteiger partial charge in [0.05, 0.1) is 37.7 Å². The maximum Gasteiger partial charge on any atom is 0.335 e. The monoisotopic (exact) mass is 595 g/mol. The Morgan fingerprint density at radius 2 is 1.64 bits per heavy atom. The lowest BCUT2D eigenvalue weighted by Crippen LogP contribution is -2.35. The van der Waals surface area contributed by atoms with Gasteiger partial charge in [0.2, 0.25) is 0 Å². The molecule has 0 spiro atoms. The third-order valence-electron chi connectivity index (χ3n) is 6.78. The molecule has 0 amide bonds. The van der Waals surface area contributed by atoms with E-state index < -0.39 is 18.5 Å². The molecule has 7 nitrogen and oxygen atoms in total. The van der Waals surface area contributed by atoms with Crippen molar-refractivity contribution < 1.29 is 37.6 Å². The Balaban J connectivity index is 0.00000132. The Morgan fingerprint density at radius 3 is 2.17 bits per heavy atom. The molecule has 0 radical (unpaired) electrons. The summed E-state index contributed by atoms with van der Waals surface area (Å²) < 4.78 is 45.3. The zero-order chi connectivity index (χ0) is 31.5. The maximum atomic E-state index is 11.6. The average Bonchev–Trinajstić information content (AvgIpc) is 2.95. The predicted molar refractivity (Wildman–Crippen MR) is 162 cm³/mol. The third kappa shape index (κ3) is 16.0. The first kappa shape index (κ1) is 37.3. The van der Waals surface area contributed by atoms with Gasteiger partial charge in [-0.25, -0.2) is 13.6 Å². The van der Waals surface area contributed by atoms with E-state index in [1.54, 1.807) is 6.92 Å². The van der Waals surface area contributed by atoms with Crippen LogP contribution in [0.25, 0.3) is 0 Å². The van der Waals surface area contributed by atoms with Crippen LogP contribution in [0.5, 0.6) is 0 Å². The maximum absolute atomic E-state index is 11.6. The summed E-state index contributed by atoms with van der Waals surface area (Å²) in [5, 5.41) is 9.47. The number of allylic oxidation sites excluding steroid dienone is 4. The molecule has 1 aliphatic carbocycles. The van der Waals surface area contributed by atoms with E-state index in [1.165, 1.54) is 11.6 Å². The number of halogens is 2. The van der Waals surface area contributed by atoms with Crippen LogP contribution >= 0.6 is 0 Å². The largest absolute Gasteiger partial charge is 0.492 e. The van der Waals surface area contributed by atoms with Crippen LogP contribution in [0.4, 0.5) is 8.78 Å². The molecule has 9 heteroatoms. The normalized spacial score (nSPS) is 19.5. The molecule has 1 fully saturated rings. The van der Waals surface area contributed by atoms with Crippen LogP contribution in [-0.2, 0) is 30.3 Å². The fraction of sp³-hybridized carbons (Fsp3) is 0.606. The van der Waals surface area contributed by atoms with Gasteiger partial charge < -0.3 is 29.8 Å². The fourth-order valence-electron chi connectivity index (χ4n) is 4.21. The zero-order valence-electron chi connectivity index (χ0n) is 26.1. The Kier molecular flexibility index (Phi) is 18.7. The first-order valence-electron chi connectivity index (χ1n) is 14.7. The van der Waals surface area contributed by atoms with Crippen LogP contribution in [0.2, 0.25) is 0 Å². The number of rotatable bonds is 16. The highest BCUT2D eigenvalue weighted by Gasteiger charge is 2.26. The number of hydrogen-bond donors (Lipinski definition) is 2. The summed E-state index contributed by atoms with van der Waals surface area (Å²) >= 11 is 0. The first-order valence-corrected chi connectivity index (χ1v) is 14.7. The van der Waals surface area contributed by atoms with E-state index in [9.17, 15) is 18.7 Å². The molecular weight excluding hydrogens is 544 g/mol. The van der Waals surface area contributed by atoms with Crippen LogP contribution in [-0.4, -0.2) is 55.6 Å². The molecule has 4 atom stereocenters. The van der Waals surface area contributed by atoms with Gasteiger partial charge in [-0.05, 0) is 75.5 Å². The van der Waals surface area contributed by atoms with Crippen LogP contribution in [0.3, 0.4) is 0 Å². The lowest BCUT2D eigenvalue weighted by atomic mass is 9.95. The summed E-state index contributed by atoms with van der Waals surface area (Å²) in [6.07, 6.45) is 6.24. The lowest BCUT2D eigenvalue weighted by molar-refractivity contribution is -0.158. The fourth-order valence-corrected chi connectivity index (χ4v) is 4.21. The summed E-state index contributed by atoms with van der Waals surface area (Å²) in [6, 6.07) is 8.43. The molecular formula is C33H51F2NO6. The highest BCUT2D eigenvalue weighted by Crippen LogP contribution is 2.24. The summed E-state index contributed by atoms with van der Waals surface area (Å²) in [7, 11) is 0. The summed E-state index contributed by atoms with van der Waals surface area (Å²) in [6.45, 7) is 12.8. The van der Waals surface area contributed by atoms with Gasteiger partial charge >= 0.3 is 5.97 Å². The highest BCUT2D eigenvalue weighted by atomic mass is 19.3. The van der Waals surface area contributed by atoms with Crippen molar-refractivity contribution in [1.82, 2.24) is 0 Å². The quantitative estimate of drug-likeness (QED) is 0.152. The summed E-state index contributed by atoms with van der Waals surface area (Å²) in [4.78, 5) is 11.6. The van der Waals surface area contributed by atoms with Gasteiger partial charge in [0.25, 0.3) is 6.43 Å². The van der Waals surface area contributed by atoms with Crippen molar-refractivity contribution in [2.75, 3.05) is 19.8 Å². The van der Waals surface area contributed by atoms with Crippen molar-refractivity contribution in [3.63, 3.8) is 0 Å². The van der Waals surface area contributed by atoms with Crippen LogP contribution in [0.15, 0.2) is 60.0 Å². The van der Waals surface area contributed by atoms with Crippen molar-refractivity contribution in [1.29, 1.82) is 0 Å². The van der Waals surface area contributed by atoms with E-state index in [-0.39, 0.29) is 24.7 Å². The van der Waals surface area contributed by atoms with Gasteiger partial charge in [0.1, 0.15) is 12.4 Å². The number of benzene rings is 1. The lowest BCUT2D eigenvalue weighted by Gasteiger charge is -2.30. The smallest absolute Gasteiger partial charge is 0.335 e. The van der Waals surface area contributed by atoms with E-state index in [1.807, 2.05) is 32.9 Å². The molecule has 42 heavy (non-hydrogen) atoms. The van der Waals surface area contributed by atoms with Gasteiger partial charge in [0.15, 0.2) is 6.10 Å². The Hall–Kier alpha value is -2.75. The predicted octanol–water partition coefficient (Wildman–Crippen LogP) is 7.37. The van der Waals surface area contributed by atoms with Crippen molar-refractivity contribution in [2.45, 2.75) is 104 Å². The van der Waals surface area contributed by atoms with Crippen LogP contribution < -0.4 is 5.73 Å². The number of alkyl halides is 2. The second-order valence-electron chi connectivity index (χ2n) is 10.8. The minimum atomic E-state index is -2.28. The number of carboxylic acids is 1. The molecule has 3 N–H and O–H groups in total. The zero-order valence-corrected chi connectivity index (χ0v) is 26.1. The van der Waals surface area contributed by atoms with Gasteiger partial charge in [0, 0.05) is 0 Å². The summed E-state index contributed by atoms with van der Waals surface area (Å²) in [5.41, 5.74) is 9.20. The highest BCUT2D eigenvalue weighted by molar-refractivity contribution is 5.72. The number of hydrogen-bond acceptors (Lipinski definition) is 6. The molecule has 2 rings (SSSR count). The number of carbonyl (C=O) groups is 1. The van der Waals surface area contributed by atoms with Crippen molar-refractivity contribution in [2.24, 2.45) is 11.7 Å². The molecule has 238 valence electrons. The first-order chi connectivity index (χ1) is 20.0. The average molecular weight is 596 g/mol. The Morgan fingerprint density at radius 1 is 1.02 bits per heavy atom. The number of ether oxygens (including phenoxy) is 4. The minimum absolute atomic E-state index is 0.0117. The van der Waals surface area contributed by atoms with E-state index in [0.717, 1.165) is 30.9 Å². The number of carboxylic acid groups (broad SMARTS) is 1. The van der Waals surface area contributed by atoms with E-state index in [4.69, 9.17) is 24.7 Å². The minimum Gasteiger partial charge on any atom is -0.492 e. The Labute approximate surface area is 250 Å². The van der Waals surface area contributed by atoms with Gasteiger partial charge in [-0.2, -0.15) is 0 Å². The molecule has 0 bridgehead atoms. The third-order valence-corrected chi connectivity index (χ3v) is 6.78. The molecule has 0 aromatic heterocycles. The number of aliphatic carboxylic acids is 1. The SMILES string of the molecule is C/C=C/C(F)F.C/C=C\C(C)COC(COC1CCCC(OC/C(N)=C(\C)OCc2ccc(C(C)C)cc2)C1)C(=O)O. The van der Waals surface area contributed by atoms with E-state index >= 15 is 0 Å². The second-order valence-corrected chi connectivity index (χ2v) is 10.8. The second kappa shape index (κ2) is 21.0. The van der Waals surface area contributed by atoms with Gasteiger partial charge in [-0.15, -0.1) is 0 Å². The molecule has 0 aliphatic heterocycles. The van der Waals surface area contributed by atoms with E-state index in [2.05, 4.69) is 38.1 Å². The van der Waals surface area contributed by atoms with Crippen LogP contribution in [0.1, 0.15) is 84.3 Å². The van der Waals surface area contributed by atoms with Crippen LogP contribution in [0, 0.1) is 5.92 Å².